The van der Waals surface area contributed by atoms with Crippen molar-refractivity contribution in [3.05, 3.63) is 33.8 Å². The normalized spacial score (nSPS) is 30.8. The highest BCUT2D eigenvalue weighted by atomic mass is 35.5. The molecule has 0 aromatic heterocycles. The molecule has 1 fully saturated rings. The second-order valence-corrected chi connectivity index (χ2v) is 6.71. The molecule has 0 aliphatic heterocycles. The van der Waals surface area contributed by atoms with Gasteiger partial charge in [0, 0.05) is 6.54 Å². The number of nitrogens with zero attached hydrogens (tertiary/aromatic N) is 1. The Balaban J connectivity index is 2.44. The van der Waals surface area contributed by atoms with Crippen molar-refractivity contribution in [3.63, 3.8) is 0 Å². The minimum absolute atomic E-state index is 0.184. The molecule has 2 rings (SSSR count). The quantitative estimate of drug-likeness (QED) is 0.909. The minimum Gasteiger partial charge on any atom is -0.382 e. The van der Waals surface area contributed by atoms with Gasteiger partial charge in [-0.05, 0) is 57.5 Å². The molecule has 112 valence electrons. The van der Waals surface area contributed by atoms with Gasteiger partial charge in [-0.1, -0.05) is 29.3 Å². The van der Waals surface area contributed by atoms with E-state index in [1.807, 2.05) is 14.1 Å². The molecule has 0 bridgehead atoms. The second-order valence-electron chi connectivity index (χ2n) is 5.90. The van der Waals surface area contributed by atoms with E-state index >= 15 is 4.39 Å². The predicted octanol–water partition coefficient (Wildman–Crippen LogP) is 4.02. The Kier molecular flexibility index (Phi) is 4.65. The summed E-state index contributed by atoms with van der Waals surface area (Å²) in [6.45, 7) is 0.184. The molecule has 0 amide bonds. The van der Waals surface area contributed by atoms with E-state index in [2.05, 4.69) is 0 Å². The third-order valence-corrected chi connectivity index (χ3v) is 4.81. The summed E-state index contributed by atoms with van der Waals surface area (Å²) in [6, 6.07) is 4.87. The lowest BCUT2D eigenvalue weighted by Crippen LogP contribution is -2.55. The van der Waals surface area contributed by atoms with Crippen molar-refractivity contribution in [1.82, 2.24) is 4.90 Å². The van der Waals surface area contributed by atoms with Crippen molar-refractivity contribution < 1.29 is 9.50 Å². The zero-order valence-electron chi connectivity index (χ0n) is 11.8. The van der Waals surface area contributed by atoms with Gasteiger partial charge in [0.2, 0.25) is 0 Å². The van der Waals surface area contributed by atoms with Gasteiger partial charge in [-0.25, -0.2) is 4.39 Å². The van der Waals surface area contributed by atoms with Gasteiger partial charge >= 0.3 is 0 Å². The van der Waals surface area contributed by atoms with Crippen molar-refractivity contribution in [2.24, 2.45) is 0 Å². The molecule has 0 saturated heterocycles. The van der Waals surface area contributed by atoms with Gasteiger partial charge in [-0.15, -0.1) is 0 Å². The highest BCUT2D eigenvalue weighted by Gasteiger charge is 2.54. The van der Waals surface area contributed by atoms with Crippen LogP contribution in [0, 0.1) is 0 Å². The fraction of sp³-hybridized carbons (Fsp3) is 0.600. The van der Waals surface area contributed by atoms with Crippen molar-refractivity contribution in [1.29, 1.82) is 0 Å². The van der Waals surface area contributed by atoms with Gasteiger partial charge in [0.1, 0.15) is 5.60 Å². The molecule has 5 heteroatoms. The Labute approximate surface area is 129 Å². The molecule has 1 aromatic rings. The van der Waals surface area contributed by atoms with Gasteiger partial charge in [0.15, 0.2) is 5.67 Å². The summed E-state index contributed by atoms with van der Waals surface area (Å²) in [5.74, 6) is 0. The fourth-order valence-corrected chi connectivity index (χ4v) is 3.38. The summed E-state index contributed by atoms with van der Waals surface area (Å²) < 4.78 is 15.4. The first-order valence-electron chi connectivity index (χ1n) is 6.80. The second kappa shape index (κ2) is 5.80. The lowest BCUT2D eigenvalue weighted by atomic mass is 9.69. The van der Waals surface area contributed by atoms with Crippen LogP contribution in [0.5, 0.6) is 0 Å². The molecule has 0 radical (unpaired) electrons. The van der Waals surface area contributed by atoms with Crippen LogP contribution in [-0.2, 0) is 5.60 Å². The van der Waals surface area contributed by atoms with E-state index in [-0.39, 0.29) is 6.54 Å². The van der Waals surface area contributed by atoms with Crippen LogP contribution < -0.4 is 0 Å². The van der Waals surface area contributed by atoms with Gasteiger partial charge in [0.05, 0.1) is 10.0 Å². The van der Waals surface area contributed by atoms with E-state index in [4.69, 9.17) is 23.2 Å². The topological polar surface area (TPSA) is 23.5 Å². The minimum atomic E-state index is -1.67. The van der Waals surface area contributed by atoms with Gasteiger partial charge in [-0.3, -0.25) is 0 Å². The van der Waals surface area contributed by atoms with Gasteiger partial charge in [0.25, 0.3) is 0 Å². The van der Waals surface area contributed by atoms with Crippen LogP contribution >= 0.6 is 23.2 Å². The van der Waals surface area contributed by atoms with Gasteiger partial charge in [-0.2, -0.15) is 0 Å². The molecule has 0 unspecified atom stereocenters. The molecule has 1 saturated carbocycles. The van der Waals surface area contributed by atoms with Crippen molar-refractivity contribution >= 4 is 23.2 Å². The Morgan fingerprint density at radius 2 is 1.85 bits per heavy atom. The number of hydrogen-bond acceptors (Lipinski definition) is 2. The lowest BCUT2D eigenvalue weighted by Gasteiger charge is -2.46. The van der Waals surface area contributed by atoms with E-state index in [1.54, 1.807) is 23.1 Å². The average Bonchev–Trinajstić information content (AvgIpc) is 2.35. The van der Waals surface area contributed by atoms with Crippen LogP contribution in [-0.4, -0.2) is 36.3 Å². The number of alkyl halides is 1. The molecule has 2 nitrogen and oxygen atoms in total. The largest absolute Gasteiger partial charge is 0.382 e. The van der Waals surface area contributed by atoms with Gasteiger partial charge < -0.3 is 10.0 Å². The van der Waals surface area contributed by atoms with Crippen LogP contribution in [0.3, 0.4) is 0 Å². The summed E-state index contributed by atoms with van der Waals surface area (Å²) in [4.78, 5) is 1.77. The molecule has 1 aliphatic rings. The molecule has 0 heterocycles. The molecule has 1 aromatic carbocycles. The summed E-state index contributed by atoms with van der Waals surface area (Å²) in [5.41, 5.74) is -2.67. The summed E-state index contributed by atoms with van der Waals surface area (Å²) in [7, 11) is 3.62. The number of aliphatic hydroxyl groups is 1. The van der Waals surface area contributed by atoms with Crippen molar-refractivity contribution in [3.8, 4) is 0 Å². The molecular weight excluding hydrogens is 300 g/mol. The number of rotatable bonds is 3. The molecular formula is C15H20Cl2FNO. The molecule has 0 spiro atoms. The van der Waals surface area contributed by atoms with Crippen LogP contribution in [0.1, 0.15) is 31.2 Å². The summed E-state index contributed by atoms with van der Waals surface area (Å²) >= 11 is 11.9. The SMILES string of the molecule is CN(C)C[C@]1(F)CCCC[C@@]1(O)c1ccc(Cl)c(Cl)c1. The first-order chi connectivity index (χ1) is 9.28. The van der Waals surface area contributed by atoms with E-state index in [9.17, 15) is 5.11 Å². The lowest BCUT2D eigenvalue weighted by molar-refractivity contribution is -0.145. The van der Waals surface area contributed by atoms with Crippen molar-refractivity contribution in [2.45, 2.75) is 37.0 Å². The van der Waals surface area contributed by atoms with Crippen LogP contribution in [0.4, 0.5) is 4.39 Å². The smallest absolute Gasteiger partial charge is 0.156 e. The predicted molar refractivity (Wildman–Crippen MR) is 81.2 cm³/mol. The Hall–Kier alpha value is -0.350. The van der Waals surface area contributed by atoms with E-state index in [0.29, 0.717) is 28.5 Å². The standard InChI is InChI=1S/C15H20Cl2FNO/c1-19(2)10-14(18)7-3-4-8-15(14,20)11-5-6-12(16)13(17)9-11/h5-6,9,20H,3-4,7-8,10H2,1-2H3/t14-,15-/m1/s1. The zero-order valence-corrected chi connectivity index (χ0v) is 13.3. The summed E-state index contributed by atoms with van der Waals surface area (Å²) in [5, 5.41) is 11.8. The Morgan fingerprint density at radius 1 is 1.20 bits per heavy atom. The van der Waals surface area contributed by atoms with Crippen LogP contribution in [0.2, 0.25) is 10.0 Å². The molecule has 1 N–H and O–H groups in total. The van der Waals surface area contributed by atoms with Crippen LogP contribution in [0.15, 0.2) is 18.2 Å². The molecule has 20 heavy (non-hydrogen) atoms. The molecule has 1 aliphatic carbocycles. The monoisotopic (exact) mass is 319 g/mol. The van der Waals surface area contributed by atoms with Crippen LogP contribution in [0.25, 0.3) is 0 Å². The number of halogens is 3. The number of hydrogen-bond donors (Lipinski definition) is 1. The highest BCUT2D eigenvalue weighted by molar-refractivity contribution is 6.42. The average molecular weight is 320 g/mol. The summed E-state index contributed by atoms with van der Waals surface area (Å²) in [6.07, 6.45) is 2.33. The highest BCUT2D eigenvalue weighted by Crippen LogP contribution is 2.48. The first-order valence-corrected chi connectivity index (χ1v) is 7.56. The first kappa shape index (κ1) is 16.0. The maximum atomic E-state index is 15.4. The third-order valence-electron chi connectivity index (χ3n) is 4.07. The Morgan fingerprint density at radius 3 is 2.45 bits per heavy atom. The zero-order chi connectivity index (χ0) is 15.0. The Bertz CT molecular complexity index is 497. The van der Waals surface area contributed by atoms with E-state index < -0.39 is 11.3 Å². The maximum absolute atomic E-state index is 15.4. The third kappa shape index (κ3) is 2.82. The van der Waals surface area contributed by atoms with E-state index in [0.717, 1.165) is 12.8 Å². The number of benzene rings is 1. The van der Waals surface area contributed by atoms with Crippen molar-refractivity contribution in [2.75, 3.05) is 20.6 Å². The maximum Gasteiger partial charge on any atom is 0.156 e. The van der Waals surface area contributed by atoms with E-state index in [1.165, 1.54) is 0 Å². The fourth-order valence-electron chi connectivity index (χ4n) is 3.08. The molecule has 2 atom stereocenters.